The van der Waals surface area contributed by atoms with Crippen LogP contribution >= 0.6 is 0 Å². The van der Waals surface area contributed by atoms with Crippen LogP contribution in [-0.2, 0) is 14.3 Å². The molecule has 1 amide bonds. The van der Waals surface area contributed by atoms with Crippen LogP contribution in [0.25, 0.3) is 5.76 Å². The summed E-state index contributed by atoms with van der Waals surface area (Å²) >= 11 is 0. The number of carbonyl (C=O) groups is 2. The van der Waals surface area contributed by atoms with Gasteiger partial charge in [-0.1, -0.05) is 19.1 Å². The summed E-state index contributed by atoms with van der Waals surface area (Å²) in [6.07, 6.45) is 2.48. The SMILES string of the molecule is CCCOc1ccc([C@@H]2C(=C(O)c3ccc4c(c3)OCCO4)C(=O)C(=O)N2C[C@H]2CCCO2)cc1. The summed E-state index contributed by atoms with van der Waals surface area (Å²) in [6, 6.07) is 11.6. The van der Waals surface area contributed by atoms with E-state index in [1.54, 1.807) is 18.2 Å². The lowest BCUT2D eigenvalue weighted by Crippen LogP contribution is -2.36. The van der Waals surface area contributed by atoms with E-state index >= 15 is 0 Å². The molecule has 1 N–H and O–H groups in total. The molecule has 5 rings (SSSR count). The Kier molecular flexibility index (Phi) is 6.63. The zero-order valence-corrected chi connectivity index (χ0v) is 19.7. The maximum Gasteiger partial charge on any atom is 0.295 e. The zero-order chi connectivity index (χ0) is 24.4. The monoisotopic (exact) mass is 479 g/mol. The van der Waals surface area contributed by atoms with Crippen molar-refractivity contribution in [3.05, 3.63) is 59.2 Å². The summed E-state index contributed by atoms with van der Waals surface area (Å²) in [5.74, 6) is 0.168. The first-order valence-corrected chi connectivity index (χ1v) is 12.1. The van der Waals surface area contributed by atoms with Gasteiger partial charge in [0.15, 0.2) is 11.5 Å². The summed E-state index contributed by atoms with van der Waals surface area (Å²) < 4.78 is 22.7. The first kappa shape index (κ1) is 23.2. The Morgan fingerprint density at radius 3 is 2.54 bits per heavy atom. The molecule has 2 saturated heterocycles. The fourth-order valence-electron chi connectivity index (χ4n) is 4.74. The molecule has 0 aliphatic carbocycles. The molecule has 2 aromatic carbocycles. The van der Waals surface area contributed by atoms with Crippen LogP contribution in [0, 0.1) is 0 Å². The number of ether oxygens (including phenoxy) is 4. The number of benzene rings is 2. The van der Waals surface area contributed by atoms with Gasteiger partial charge in [-0.25, -0.2) is 0 Å². The molecule has 2 atom stereocenters. The van der Waals surface area contributed by atoms with Gasteiger partial charge in [0.05, 0.1) is 24.3 Å². The molecule has 0 radical (unpaired) electrons. The molecule has 0 spiro atoms. The highest BCUT2D eigenvalue weighted by atomic mass is 16.6. The Hall–Kier alpha value is -3.52. The number of aliphatic hydroxyl groups is 1. The van der Waals surface area contributed by atoms with Gasteiger partial charge in [0.2, 0.25) is 0 Å². The maximum atomic E-state index is 13.3. The van der Waals surface area contributed by atoms with Gasteiger partial charge in [0, 0.05) is 18.7 Å². The number of Topliss-reactive ketones (excluding diaryl/α,β-unsaturated/α-hetero) is 1. The number of nitrogens with zero attached hydrogens (tertiary/aromatic N) is 1. The van der Waals surface area contributed by atoms with E-state index in [1.165, 1.54) is 4.90 Å². The second-order valence-corrected chi connectivity index (χ2v) is 8.86. The molecule has 3 aliphatic rings. The van der Waals surface area contributed by atoms with E-state index in [-0.39, 0.29) is 24.0 Å². The van der Waals surface area contributed by atoms with Crippen LogP contribution in [0.2, 0.25) is 0 Å². The quantitative estimate of drug-likeness (QED) is 0.366. The van der Waals surface area contributed by atoms with E-state index in [0.29, 0.717) is 54.8 Å². The number of ketones is 1. The first-order chi connectivity index (χ1) is 17.1. The lowest BCUT2D eigenvalue weighted by molar-refractivity contribution is -0.140. The molecule has 2 fully saturated rings. The second kappa shape index (κ2) is 10.00. The van der Waals surface area contributed by atoms with Crippen molar-refractivity contribution in [3.8, 4) is 17.2 Å². The van der Waals surface area contributed by atoms with Crippen LogP contribution in [0.5, 0.6) is 17.2 Å². The van der Waals surface area contributed by atoms with Crippen molar-refractivity contribution in [3.63, 3.8) is 0 Å². The molecule has 3 aliphatic heterocycles. The van der Waals surface area contributed by atoms with Gasteiger partial charge in [0.25, 0.3) is 11.7 Å². The number of rotatable bonds is 7. The van der Waals surface area contributed by atoms with Crippen molar-refractivity contribution >= 4 is 17.4 Å². The Balaban J connectivity index is 1.55. The molecular weight excluding hydrogens is 450 g/mol. The van der Waals surface area contributed by atoms with Crippen molar-refractivity contribution in [2.24, 2.45) is 0 Å². The minimum atomic E-state index is -0.743. The van der Waals surface area contributed by atoms with Crippen LogP contribution in [-0.4, -0.2) is 60.8 Å². The maximum absolute atomic E-state index is 13.3. The topological polar surface area (TPSA) is 94.5 Å². The average Bonchev–Trinajstić information content (AvgIpc) is 3.49. The zero-order valence-electron chi connectivity index (χ0n) is 19.7. The van der Waals surface area contributed by atoms with E-state index in [4.69, 9.17) is 18.9 Å². The minimum Gasteiger partial charge on any atom is -0.507 e. The molecule has 0 unspecified atom stereocenters. The fourth-order valence-corrected chi connectivity index (χ4v) is 4.74. The van der Waals surface area contributed by atoms with Crippen LogP contribution in [0.1, 0.15) is 43.4 Å². The van der Waals surface area contributed by atoms with Gasteiger partial charge >= 0.3 is 0 Å². The number of amides is 1. The van der Waals surface area contributed by atoms with Gasteiger partial charge < -0.3 is 29.0 Å². The minimum absolute atomic E-state index is 0.0481. The van der Waals surface area contributed by atoms with Gasteiger partial charge in [-0.15, -0.1) is 0 Å². The number of hydrogen-bond donors (Lipinski definition) is 1. The largest absolute Gasteiger partial charge is 0.507 e. The molecule has 0 bridgehead atoms. The Labute approximate surface area is 204 Å². The number of likely N-dealkylation sites (tertiary alicyclic amines) is 1. The third-order valence-electron chi connectivity index (χ3n) is 6.45. The van der Waals surface area contributed by atoms with Crippen LogP contribution in [0.4, 0.5) is 0 Å². The van der Waals surface area contributed by atoms with Crippen LogP contribution in [0.15, 0.2) is 48.0 Å². The predicted molar refractivity (Wildman–Crippen MR) is 128 cm³/mol. The van der Waals surface area contributed by atoms with Gasteiger partial charge in [-0.2, -0.15) is 0 Å². The summed E-state index contributed by atoms with van der Waals surface area (Å²) in [6.45, 7) is 4.40. The third kappa shape index (κ3) is 4.58. The number of aliphatic hydroxyl groups excluding tert-OH is 1. The number of hydrogen-bond acceptors (Lipinski definition) is 7. The lowest BCUT2D eigenvalue weighted by Gasteiger charge is -2.27. The second-order valence-electron chi connectivity index (χ2n) is 8.86. The molecular formula is C27H29NO7. The van der Waals surface area contributed by atoms with Gasteiger partial charge in [0.1, 0.15) is 24.7 Å². The molecule has 0 saturated carbocycles. The Bertz CT molecular complexity index is 1130. The fraction of sp³-hybridized carbons (Fsp3) is 0.407. The Morgan fingerprint density at radius 2 is 1.83 bits per heavy atom. The molecule has 184 valence electrons. The molecule has 2 aromatic rings. The molecule has 3 heterocycles. The number of carbonyl (C=O) groups excluding carboxylic acids is 2. The lowest BCUT2D eigenvalue weighted by atomic mass is 9.95. The van der Waals surface area contributed by atoms with E-state index in [9.17, 15) is 14.7 Å². The van der Waals surface area contributed by atoms with Crippen LogP contribution < -0.4 is 14.2 Å². The van der Waals surface area contributed by atoms with E-state index < -0.39 is 17.7 Å². The highest BCUT2D eigenvalue weighted by Crippen LogP contribution is 2.42. The normalized spacial score (nSPS) is 23.1. The Morgan fingerprint density at radius 1 is 1.06 bits per heavy atom. The van der Waals surface area contributed by atoms with Crippen molar-refractivity contribution in [1.29, 1.82) is 0 Å². The average molecular weight is 480 g/mol. The summed E-state index contributed by atoms with van der Waals surface area (Å²) in [7, 11) is 0. The molecule has 8 nitrogen and oxygen atoms in total. The van der Waals surface area contributed by atoms with E-state index in [0.717, 1.165) is 19.3 Å². The van der Waals surface area contributed by atoms with Gasteiger partial charge in [-0.3, -0.25) is 9.59 Å². The standard InChI is InChI=1S/C27H29NO7/c1-2-11-32-19-8-5-17(6-9-19)24-23(26(30)27(31)28(24)16-20-4-3-12-33-20)25(29)18-7-10-21-22(15-18)35-14-13-34-21/h5-10,15,20,24,29H,2-4,11-14,16H2,1H3/t20-,24-/m1/s1. The first-order valence-electron chi connectivity index (χ1n) is 12.1. The van der Waals surface area contributed by atoms with Gasteiger partial charge in [-0.05, 0) is 55.2 Å². The van der Waals surface area contributed by atoms with Crippen molar-refractivity contribution < 1.29 is 33.6 Å². The summed E-state index contributed by atoms with van der Waals surface area (Å²) in [4.78, 5) is 27.9. The third-order valence-corrected chi connectivity index (χ3v) is 6.45. The van der Waals surface area contributed by atoms with E-state index in [1.807, 2.05) is 31.2 Å². The van der Waals surface area contributed by atoms with E-state index in [2.05, 4.69) is 0 Å². The predicted octanol–water partition coefficient (Wildman–Crippen LogP) is 3.85. The molecule has 35 heavy (non-hydrogen) atoms. The highest BCUT2D eigenvalue weighted by Gasteiger charge is 2.47. The number of fused-ring (bicyclic) bond motifs is 1. The van der Waals surface area contributed by atoms with Crippen molar-refractivity contribution in [2.45, 2.75) is 38.3 Å². The highest BCUT2D eigenvalue weighted by molar-refractivity contribution is 6.46. The van der Waals surface area contributed by atoms with Crippen molar-refractivity contribution in [2.75, 3.05) is 33.0 Å². The summed E-state index contributed by atoms with van der Waals surface area (Å²) in [5.41, 5.74) is 1.15. The summed E-state index contributed by atoms with van der Waals surface area (Å²) in [5, 5.41) is 11.3. The smallest absolute Gasteiger partial charge is 0.295 e. The van der Waals surface area contributed by atoms with Crippen molar-refractivity contribution in [1.82, 2.24) is 4.90 Å². The molecule has 0 aromatic heterocycles. The van der Waals surface area contributed by atoms with Crippen LogP contribution in [0.3, 0.4) is 0 Å². The molecule has 8 heteroatoms.